The second-order valence-electron chi connectivity index (χ2n) is 7.81. The quantitative estimate of drug-likeness (QED) is 0.726. The van der Waals surface area contributed by atoms with E-state index in [0.717, 1.165) is 10.6 Å². The molecule has 158 valence electrons. The molecule has 1 saturated heterocycles. The summed E-state index contributed by atoms with van der Waals surface area (Å²) in [5.41, 5.74) is -0.204. The third-order valence-electron chi connectivity index (χ3n) is 5.27. The summed E-state index contributed by atoms with van der Waals surface area (Å²) in [6, 6.07) is 5.92. The van der Waals surface area contributed by atoms with Crippen LogP contribution in [0.25, 0.3) is 0 Å². The maximum absolute atomic E-state index is 13.2. The van der Waals surface area contributed by atoms with Gasteiger partial charge in [0.25, 0.3) is 5.91 Å². The van der Waals surface area contributed by atoms with Crippen LogP contribution in [0.4, 0.5) is 11.4 Å². The van der Waals surface area contributed by atoms with Gasteiger partial charge in [0.2, 0.25) is 15.9 Å². The van der Waals surface area contributed by atoms with Crippen LogP contribution in [0.2, 0.25) is 0 Å². The van der Waals surface area contributed by atoms with Crippen LogP contribution in [0.15, 0.2) is 24.3 Å². The molecule has 1 aromatic rings. The van der Waals surface area contributed by atoms with Gasteiger partial charge in [-0.05, 0) is 45.7 Å². The van der Waals surface area contributed by atoms with Crippen LogP contribution < -0.4 is 10.2 Å². The van der Waals surface area contributed by atoms with E-state index in [1.165, 1.54) is 11.8 Å². The largest absolute Gasteiger partial charge is 0.451 e. The van der Waals surface area contributed by atoms with Gasteiger partial charge in [-0.1, -0.05) is 12.1 Å². The van der Waals surface area contributed by atoms with Crippen LogP contribution in [0.5, 0.6) is 0 Å². The SMILES string of the molecule is C[C@@H](OC(=O)[C@H]1CCCN1S(C)(=O)=O)C(=O)N1c2ccccc2NC(=O)C1(C)C. The molecule has 2 atom stereocenters. The summed E-state index contributed by atoms with van der Waals surface area (Å²) in [7, 11) is -3.55. The molecule has 0 aromatic heterocycles. The number of rotatable bonds is 4. The van der Waals surface area contributed by atoms with Crippen molar-refractivity contribution < 1.29 is 27.5 Å². The Hall–Kier alpha value is -2.46. The Morgan fingerprint density at radius 2 is 1.93 bits per heavy atom. The fraction of sp³-hybridized carbons (Fsp3) is 0.526. The molecule has 10 heteroatoms. The van der Waals surface area contributed by atoms with E-state index in [2.05, 4.69) is 5.32 Å². The standard InChI is InChI=1S/C19H25N3O6S/c1-12(28-17(24)15-10-7-11-21(15)29(4,26)27)16(23)22-14-9-6-5-8-13(14)20-18(25)19(22,2)3/h5-6,8-9,12,15H,7,10-11H2,1-4H3,(H,20,25)/t12-,15-/m1/s1. The highest BCUT2D eigenvalue weighted by molar-refractivity contribution is 7.88. The smallest absolute Gasteiger partial charge is 0.325 e. The van der Waals surface area contributed by atoms with Crippen LogP contribution in [0.1, 0.15) is 33.6 Å². The van der Waals surface area contributed by atoms with Crippen molar-refractivity contribution >= 4 is 39.2 Å². The molecule has 1 fully saturated rings. The van der Waals surface area contributed by atoms with Crippen molar-refractivity contribution in [3.05, 3.63) is 24.3 Å². The molecule has 2 aliphatic heterocycles. The lowest BCUT2D eigenvalue weighted by atomic mass is 9.95. The second kappa shape index (κ2) is 7.42. The molecular formula is C19H25N3O6S. The third-order valence-corrected chi connectivity index (χ3v) is 6.56. The van der Waals surface area contributed by atoms with Gasteiger partial charge in [0.15, 0.2) is 6.10 Å². The van der Waals surface area contributed by atoms with Gasteiger partial charge in [0.1, 0.15) is 11.6 Å². The van der Waals surface area contributed by atoms with E-state index in [4.69, 9.17) is 4.74 Å². The van der Waals surface area contributed by atoms with Crippen molar-refractivity contribution in [2.24, 2.45) is 0 Å². The van der Waals surface area contributed by atoms with E-state index >= 15 is 0 Å². The monoisotopic (exact) mass is 423 g/mol. The molecule has 1 N–H and O–H groups in total. The highest BCUT2D eigenvalue weighted by Crippen LogP contribution is 2.37. The lowest BCUT2D eigenvalue weighted by Crippen LogP contribution is -2.60. The molecule has 3 rings (SSSR count). The maximum Gasteiger partial charge on any atom is 0.325 e. The number of hydrogen-bond acceptors (Lipinski definition) is 6. The summed E-state index contributed by atoms with van der Waals surface area (Å²) < 4.78 is 30.2. The fourth-order valence-corrected chi connectivity index (χ4v) is 4.82. The van der Waals surface area contributed by atoms with E-state index in [9.17, 15) is 22.8 Å². The molecule has 9 nitrogen and oxygen atoms in total. The average molecular weight is 423 g/mol. The van der Waals surface area contributed by atoms with Crippen LogP contribution in [-0.2, 0) is 29.1 Å². The minimum Gasteiger partial charge on any atom is -0.451 e. The van der Waals surface area contributed by atoms with Gasteiger partial charge in [0, 0.05) is 6.54 Å². The van der Waals surface area contributed by atoms with Gasteiger partial charge in [-0.25, -0.2) is 8.42 Å². The van der Waals surface area contributed by atoms with Gasteiger partial charge in [0.05, 0.1) is 17.6 Å². The summed E-state index contributed by atoms with van der Waals surface area (Å²) in [4.78, 5) is 39.6. The molecule has 0 aliphatic carbocycles. The summed E-state index contributed by atoms with van der Waals surface area (Å²) in [6.07, 6.45) is 0.733. The molecule has 2 heterocycles. The van der Waals surface area contributed by atoms with Gasteiger partial charge in [-0.3, -0.25) is 19.3 Å². The number of ether oxygens (including phenoxy) is 1. The topological polar surface area (TPSA) is 113 Å². The number of para-hydroxylation sites is 2. The number of carbonyl (C=O) groups excluding carboxylic acids is 3. The molecule has 1 aromatic carbocycles. The van der Waals surface area contributed by atoms with Crippen molar-refractivity contribution in [3.63, 3.8) is 0 Å². The van der Waals surface area contributed by atoms with Crippen molar-refractivity contribution in [3.8, 4) is 0 Å². The number of fused-ring (bicyclic) bond motifs is 1. The van der Waals surface area contributed by atoms with E-state index in [0.29, 0.717) is 24.2 Å². The predicted octanol–water partition coefficient (Wildman–Crippen LogP) is 1.11. The Morgan fingerprint density at radius 3 is 2.59 bits per heavy atom. The van der Waals surface area contributed by atoms with Crippen LogP contribution in [-0.4, -0.2) is 61.0 Å². The van der Waals surface area contributed by atoms with Crippen molar-refractivity contribution in [1.82, 2.24) is 4.31 Å². The van der Waals surface area contributed by atoms with Gasteiger partial charge in [-0.15, -0.1) is 0 Å². The lowest BCUT2D eigenvalue weighted by Gasteiger charge is -2.42. The summed E-state index contributed by atoms with van der Waals surface area (Å²) >= 11 is 0. The number of nitrogens with zero attached hydrogens (tertiary/aromatic N) is 2. The number of sulfonamides is 1. The zero-order chi connectivity index (χ0) is 21.6. The Labute approximate surface area is 170 Å². The summed E-state index contributed by atoms with van der Waals surface area (Å²) in [5.74, 6) is -1.68. The molecule has 29 heavy (non-hydrogen) atoms. The molecule has 2 aliphatic rings. The number of benzene rings is 1. The first kappa shape index (κ1) is 21.3. The highest BCUT2D eigenvalue weighted by Gasteiger charge is 2.46. The zero-order valence-corrected chi connectivity index (χ0v) is 17.7. The maximum atomic E-state index is 13.2. The minimum atomic E-state index is -3.55. The zero-order valence-electron chi connectivity index (χ0n) is 16.8. The van der Waals surface area contributed by atoms with Gasteiger partial charge in [-0.2, -0.15) is 4.31 Å². The molecule has 2 amide bonds. The van der Waals surface area contributed by atoms with E-state index < -0.39 is 39.6 Å². The number of hydrogen-bond donors (Lipinski definition) is 1. The number of esters is 1. The van der Waals surface area contributed by atoms with E-state index in [-0.39, 0.29) is 12.5 Å². The number of amides is 2. The van der Waals surface area contributed by atoms with Gasteiger partial charge >= 0.3 is 5.97 Å². The van der Waals surface area contributed by atoms with Crippen LogP contribution in [0, 0.1) is 0 Å². The normalized spacial score (nSPS) is 22.6. The predicted molar refractivity (Wildman–Crippen MR) is 107 cm³/mol. The number of carbonyl (C=O) groups is 3. The fourth-order valence-electron chi connectivity index (χ4n) is 3.70. The van der Waals surface area contributed by atoms with Crippen molar-refractivity contribution in [1.29, 1.82) is 0 Å². The van der Waals surface area contributed by atoms with Crippen LogP contribution >= 0.6 is 0 Å². The summed E-state index contributed by atoms with van der Waals surface area (Å²) in [5, 5.41) is 2.77. The number of anilines is 2. The van der Waals surface area contributed by atoms with Crippen LogP contribution in [0.3, 0.4) is 0 Å². The Balaban J connectivity index is 1.83. The Morgan fingerprint density at radius 1 is 1.28 bits per heavy atom. The molecule has 0 unspecified atom stereocenters. The first-order valence-corrected chi connectivity index (χ1v) is 11.2. The molecular weight excluding hydrogens is 398 g/mol. The first-order chi connectivity index (χ1) is 13.4. The lowest BCUT2D eigenvalue weighted by molar-refractivity contribution is -0.157. The van der Waals surface area contributed by atoms with E-state index in [1.54, 1.807) is 38.1 Å². The van der Waals surface area contributed by atoms with Gasteiger partial charge < -0.3 is 10.1 Å². The van der Waals surface area contributed by atoms with E-state index in [1.807, 2.05) is 0 Å². The van der Waals surface area contributed by atoms with Crippen molar-refractivity contribution in [2.75, 3.05) is 23.0 Å². The third kappa shape index (κ3) is 3.86. The first-order valence-electron chi connectivity index (χ1n) is 9.36. The van der Waals surface area contributed by atoms with Crippen molar-refractivity contribution in [2.45, 2.75) is 51.3 Å². The molecule has 0 saturated carbocycles. The number of nitrogens with one attached hydrogen (secondary N) is 1. The molecule has 0 spiro atoms. The Bertz CT molecular complexity index is 958. The highest BCUT2D eigenvalue weighted by atomic mass is 32.2. The average Bonchev–Trinajstić information content (AvgIpc) is 3.12. The second-order valence-corrected chi connectivity index (χ2v) is 9.75. The summed E-state index contributed by atoms with van der Waals surface area (Å²) in [6.45, 7) is 4.87. The minimum absolute atomic E-state index is 0.244. The molecule has 0 radical (unpaired) electrons. The Kier molecular flexibility index (Phi) is 5.44. The molecule has 0 bridgehead atoms.